The van der Waals surface area contributed by atoms with Gasteiger partial charge in [0.1, 0.15) is 28.2 Å². The molecule has 1 fully saturated rings. The van der Waals surface area contributed by atoms with Gasteiger partial charge in [-0.15, -0.1) is 0 Å². The van der Waals surface area contributed by atoms with Gasteiger partial charge in [0.25, 0.3) is 0 Å². The fourth-order valence-electron chi connectivity index (χ4n) is 4.41. The average Bonchev–Trinajstić information content (AvgIpc) is 3.13. The molecule has 0 amide bonds. The van der Waals surface area contributed by atoms with E-state index in [1.807, 2.05) is 13.1 Å². The number of likely N-dealkylation sites (N-methyl/N-ethyl adjacent to an activating group) is 1. The Labute approximate surface area is 193 Å². The van der Waals surface area contributed by atoms with Crippen LogP contribution in [0.3, 0.4) is 0 Å². The quantitative estimate of drug-likeness (QED) is 0.540. The first-order chi connectivity index (χ1) is 14.9. The molecule has 0 saturated carbocycles. The van der Waals surface area contributed by atoms with E-state index in [2.05, 4.69) is 20.8 Å². The van der Waals surface area contributed by atoms with Gasteiger partial charge in [0, 0.05) is 44.7 Å². The maximum Gasteiger partial charge on any atom is 0.197 e. The van der Waals surface area contributed by atoms with Gasteiger partial charge < -0.3 is 23.9 Å². The molecule has 1 aliphatic rings. The first kappa shape index (κ1) is 22.1. The molecule has 164 valence electrons. The maximum absolute atomic E-state index is 13.2. The van der Waals surface area contributed by atoms with Crippen LogP contribution >= 0.6 is 27.5 Å². The lowest BCUT2D eigenvalue weighted by atomic mass is 9.89. The number of likely N-dealkylation sites (tertiary alicyclic amines) is 1. The van der Waals surface area contributed by atoms with Crippen LogP contribution in [0, 0.1) is 0 Å². The topological polar surface area (TPSA) is 72.1 Å². The van der Waals surface area contributed by atoms with Crippen LogP contribution in [0.25, 0.3) is 22.3 Å². The normalized spacial score (nSPS) is 19.2. The van der Waals surface area contributed by atoms with E-state index >= 15 is 0 Å². The summed E-state index contributed by atoms with van der Waals surface area (Å²) in [4.78, 5) is 15.3. The van der Waals surface area contributed by atoms with Crippen LogP contribution in [0.15, 0.2) is 44.0 Å². The standard InChI is InChI=1S/C23H23BrClNO5/c1-26-7-6-13(16(26)11-27)21-19(29-2)10-20(30-3)22-17(28)9-18(31-23(21)22)14-8-12(25)4-5-15(14)24/h4-5,8-10,13,16,27H,6-7,11H2,1-3H3/t13-,16+/m0/s1. The number of nitrogens with zero attached hydrogens (tertiary/aromatic N) is 1. The van der Waals surface area contributed by atoms with Crippen LogP contribution in [-0.4, -0.2) is 50.5 Å². The zero-order chi connectivity index (χ0) is 22.3. The molecular formula is C23H23BrClNO5. The highest BCUT2D eigenvalue weighted by Crippen LogP contribution is 2.45. The van der Waals surface area contributed by atoms with Crippen LogP contribution in [0.1, 0.15) is 17.9 Å². The van der Waals surface area contributed by atoms with Crippen molar-refractivity contribution >= 4 is 38.5 Å². The Morgan fingerprint density at radius 3 is 2.65 bits per heavy atom. The number of hydrogen-bond donors (Lipinski definition) is 1. The minimum atomic E-state index is -0.226. The Morgan fingerprint density at radius 2 is 1.97 bits per heavy atom. The fraction of sp³-hybridized carbons (Fsp3) is 0.348. The highest BCUT2D eigenvalue weighted by atomic mass is 79.9. The first-order valence-electron chi connectivity index (χ1n) is 9.88. The van der Waals surface area contributed by atoms with Gasteiger partial charge in [-0.3, -0.25) is 4.79 Å². The highest BCUT2D eigenvalue weighted by Gasteiger charge is 2.37. The Morgan fingerprint density at radius 1 is 1.23 bits per heavy atom. The lowest BCUT2D eigenvalue weighted by molar-refractivity contribution is 0.171. The third kappa shape index (κ3) is 3.84. The van der Waals surface area contributed by atoms with E-state index in [9.17, 15) is 9.90 Å². The maximum atomic E-state index is 13.2. The van der Waals surface area contributed by atoms with Crippen LogP contribution < -0.4 is 14.9 Å². The molecule has 4 rings (SSSR count). The molecule has 8 heteroatoms. The average molecular weight is 509 g/mol. The molecule has 31 heavy (non-hydrogen) atoms. The molecule has 0 aliphatic carbocycles. The Bertz CT molecular complexity index is 1190. The number of methoxy groups -OCH3 is 2. The summed E-state index contributed by atoms with van der Waals surface area (Å²) >= 11 is 9.71. The van der Waals surface area contributed by atoms with Crippen molar-refractivity contribution in [3.05, 3.63) is 55.6 Å². The summed E-state index contributed by atoms with van der Waals surface area (Å²) < 4.78 is 18.3. The lowest BCUT2D eigenvalue weighted by Gasteiger charge is -2.25. The summed E-state index contributed by atoms with van der Waals surface area (Å²) in [6.45, 7) is 0.804. The molecule has 2 heterocycles. The Balaban J connectivity index is 2.07. The van der Waals surface area contributed by atoms with Gasteiger partial charge in [0.2, 0.25) is 0 Å². The number of benzene rings is 2. The van der Waals surface area contributed by atoms with Gasteiger partial charge in [0.05, 0.1) is 20.8 Å². The molecule has 1 aromatic heterocycles. The molecule has 0 unspecified atom stereocenters. The van der Waals surface area contributed by atoms with E-state index in [4.69, 9.17) is 25.5 Å². The van der Waals surface area contributed by atoms with Gasteiger partial charge in [-0.2, -0.15) is 0 Å². The SMILES string of the molecule is COc1cc(OC)c2c(=O)cc(-c3cc(Cl)ccc3Br)oc2c1[C@H]1CCN(C)[C@@H]1CO. The zero-order valence-corrected chi connectivity index (χ0v) is 19.8. The van der Waals surface area contributed by atoms with Crippen molar-refractivity contribution in [1.82, 2.24) is 4.90 Å². The predicted octanol–water partition coefficient (Wildman–Crippen LogP) is 4.67. The van der Waals surface area contributed by atoms with E-state index in [-0.39, 0.29) is 24.0 Å². The minimum absolute atomic E-state index is 0.0123. The van der Waals surface area contributed by atoms with E-state index in [1.54, 1.807) is 25.3 Å². The van der Waals surface area contributed by atoms with Crippen LogP contribution in [0.5, 0.6) is 11.5 Å². The van der Waals surface area contributed by atoms with Crippen molar-refractivity contribution in [2.24, 2.45) is 0 Å². The van der Waals surface area contributed by atoms with Gasteiger partial charge in [0.15, 0.2) is 5.43 Å². The molecule has 1 aliphatic heterocycles. The third-order valence-electron chi connectivity index (χ3n) is 5.98. The minimum Gasteiger partial charge on any atom is -0.496 e. The summed E-state index contributed by atoms with van der Waals surface area (Å²) in [5.74, 6) is 1.26. The van der Waals surface area contributed by atoms with E-state index in [0.717, 1.165) is 23.0 Å². The number of rotatable bonds is 5. The second kappa shape index (κ2) is 8.82. The second-order valence-electron chi connectivity index (χ2n) is 7.62. The molecule has 2 aromatic carbocycles. The number of ether oxygens (including phenoxy) is 2. The summed E-state index contributed by atoms with van der Waals surface area (Å²) in [6, 6.07) is 8.36. The number of fused-ring (bicyclic) bond motifs is 1. The van der Waals surface area contributed by atoms with E-state index in [1.165, 1.54) is 13.2 Å². The zero-order valence-electron chi connectivity index (χ0n) is 17.4. The van der Waals surface area contributed by atoms with E-state index < -0.39 is 0 Å². The van der Waals surface area contributed by atoms with Crippen molar-refractivity contribution in [3.63, 3.8) is 0 Å². The summed E-state index contributed by atoms with van der Waals surface area (Å²) in [5.41, 5.74) is 1.61. The Hall–Kier alpha value is -2.06. The van der Waals surface area contributed by atoms with Crippen molar-refractivity contribution in [1.29, 1.82) is 0 Å². The van der Waals surface area contributed by atoms with Crippen molar-refractivity contribution in [3.8, 4) is 22.8 Å². The highest BCUT2D eigenvalue weighted by molar-refractivity contribution is 9.10. The van der Waals surface area contributed by atoms with Gasteiger partial charge >= 0.3 is 0 Å². The van der Waals surface area contributed by atoms with Gasteiger partial charge in [-0.05, 0) is 38.2 Å². The number of aliphatic hydroxyl groups is 1. The van der Waals surface area contributed by atoms with Crippen molar-refractivity contribution in [2.45, 2.75) is 18.4 Å². The molecule has 1 N–H and O–H groups in total. The smallest absolute Gasteiger partial charge is 0.197 e. The number of aliphatic hydroxyl groups excluding tert-OH is 1. The monoisotopic (exact) mass is 507 g/mol. The number of hydrogen-bond acceptors (Lipinski definition) is 6. The van der Waals surface area contributed by atoms with Crippen molar-refractivity contribution in [2.75, 3.05) is 34.4 Å². The molecular weight excluding hydrogens is 486 g/mol. The summed E-state index contributed by atoms with van der Waals surface area (Å²) in [5, 5.41) is 10.9. The largest absolute Gasteiger partial charge is 0.496 e. The number of halogens is 2. The molecule has 6 nitrogen and oxygen atoms in total. The Kier molecular flexibility index (Phi) is 6.30. The third-order valence-corrected chi connectivity index (χ3v) is 6.91. The molecule has 0 bridgehead atoms. The van der Waals surface area contributed by atoms with Gasteiger partial charge in [-0.1, -0.05) is 27.5 Å². The molecule has 0 spiro atoms. The van der Waals surface area contributed by atoms with Crippen LogP contribution in [0.2, 0.25) is 5.02 Å². The van der Waals surface area contributed by atoms with E-state index in [0.29, 0.717) is 38.8 Å². The lowest BCUT2D eigenvalue weighted by Crippen LogP contribution is -2.32. The van der Waals surface area contributed by atoms with Gasteiger partial charge in [-0.25, -0.2) is 0 Å². The van der Waals surface area contributed by atoms with Crippen molar-refractivity contribution < 1.29 is 19.0 Å². The summed E-state index contributed by atoms with van der Waals surface area (Å²) in [6.07, 6.45) is 0.800. The first-order valence-corrected chi connectivity index (χ1v) is 11.1. The molecule has 0 radical (unpaired) electrons. The molecule has 2 atom stereocenters. The molecule has 3 aromatic rings. The predicted molar refractivity (Wildman–Crippen MR) is 125 cm³/mol. The van der Waals surface area contributed by atoms with Crippen LogP contribution in [-0.2, 0) is 0 Å². The van der Waals surface area contributed by atoms with Crippen LogP contribution in [0.4, 0.5) is 0 Å². The second-order valence-corrected chi connectivity index (χ2v) is 8.91. The summed E-state index contributed by atoms with van der Waals surface area (Å²) in [7, 11) is 5.06. The fourth-order valence-corrected chi connectivity index (χ4v) is 5.02. The molecule has 1 saturated heterocycles.